The Morgan fingerprint density at radius 2 is 1.39 bits per heavy atom. The van der Waals surface area contributed by atoms with Crippen molar-refractivity contribution in [2.75, 3.05) is 13.2 Å². The second-order valence-corrected chi connectivity index (χ2v) is 4.05. The number of aliphatic hydroxyl groups excluding tert-OH is 2. The second-order valence-electron chi connectivity index (χ2n) is 4.05. The molecular formula is C15H20O3. The minimum Gasteiger partial charge on any atom is -0.395 e. The molecule has 0 spiro atoms. The molecule has 1 atom stereocenters. The lowest BCUT2D eigenvalue weighted by molar-refractivity contribution is -0.0835. The Labute approximate surface area is 109 Å². The van der Waals surface area contributed by atoms with E-state index in [-0.39, 0.29) is 0 Å². The lowest BCUT2D eigenvalue weighted by atomic mass is 9.65. The molecule has 0 aliphatic heterocycles. The first-order valence-corrected chi connectivity index (χ1v) is 5.72. The Morgan fingerprint density at radius 1 is 0.944 bits per heavy atom. The van der Waals surface area contributed by atoms with Gasteiger partial charge in [-0.2, -0.15) is 0 Å². The fraction of sp³-hybridized carbons (Fsp3) is 0.600. The van der Waals surface area contributed by atoms with Crippen molar-refractivity contribution in [2.24, 2.45) is 11.3 Å². The first-order valence-electron chi connectivity index (χ1n) is 5.72. The molecule has 0 heterocycles. The highest BCUT2D eigenvalue weighted by atomic mass is 16.3. The fourth-order valence-electron chi connectivity index (χ4n) is 1.86. The predicted octanol–water partition coefficient (Wildman–Crippen LogP) is 0.394. The average molecular weight is 248 g/mol. The third-order valence-electron chi connectivity index (χ3n) is 3.09. The summed E-state index contributed by atoms with van der Waals surface area (Å²) in [5, 5.41) is 29.9. The van der Waals surface area contributed by atoms with Gasteiger partial charge in [0.15, 0.2) is 5.60 Å². The zero-order chi connectivity index (χ0) is 14.2. The van der Waals surface area contributed by atoms with Crippen molar-refractivity contribution in [3.63, 3.8) is 0 Å². The summed E-state index contributed by atoms with van der Waals surface area (Å²) in [6.07, 6.45) is 0. The first kappa shape index (κ1) is 16.6. The molecule has 0 bridgehead atoms. The van der Waals surface area contributed by atoms with E-state index in [9.17, 15) is 15.3 Å². The highest BCUT2D eigenvalue weighted by Crippen LogP contribution is 2.38. The Balaban J connectivity index is 5.97. The molecule has 0 amide bonds. The summed E-state index contributed by atoms with van der Waals surface area (Å²) in [4.78, 5) is 0. The number of hydrogen-bond donors (Lipinski definition) is 3. The van der Waals surface area contributed by atoms with Crippen molar-refractivity contribution in [2.45, 2.75) is 33.3 Å². The smallest absolute Gasteiger partial charge is 0.198 e. The molecule has 3 heteroatoms. The van der Waals surface area contributed by atoms with Crippen LogP contribution in [0.3, 0.4) is 0 Å². The molecule has 0 aromatic carbocycles. The summed E-state index contributed by atoms with van der Waals surface area (Å²) >= 11 is 0. The van der Waals surface area contributed by atoms with Crippen molar-refractivity contribution >= 4 is 0 Å². The van der Waals surface area contributed by atoms with E-state index in [1.807, 2.05) is 0 Å². The van der Waals surface area contributed by atoms with Gasteiger partial charge >= 0.3 is 0 Å². The molecule has 98 valence electrons. The molecule has 0 aromatic heterocycles. The summed E-state index contributed by atoms with van der Waals surface area (Å²) in [6, 6.07) is 0. The van der Waals surface area contributed by atoms with Gasteiger partial charge in [-0.1, -0.05) is 24.7 Å². The third kappa shape index (κ3) is 2.87. The van der Waals surface area contributed by atoms with Crippen LogP contribution in [-0.4, -0.2) is 34.1 Å². The van der Waals surface area contributed by atoms with Gasteiger partial charge in [0.1, 0.15) is 0 Å². The molecule has 0 saturated carbocycles. The average Bonchev–Trinajstić information content (AvgIpc) is 2.32. The maximum absolute atomic E-state index is 10.6. The van der Waals surface area contributed by atoms with Crippen LogP contribution in [0.2, 0.25) is 0 Å². The molecule has 0 aromatic rings. The lowest BCUT2D eigenvalue weighted by Gasteiger charge is -2.41. The van der Waals surface area contributed by atoms with Gasteiger partial charge in [0, 0.05) is 5.92 Å². The molecule has 18 heavy (non-hydrogen) atoms. The normalized spacial score (nSPS) is 12.2. The minimum absolute atomic E-state index is 0.454. The Hall–Kier alpha value is -1.44. The van der Waals surface area contributed by atoms with Crippen LogP contribution in [0.25, 0.3) is 0 Å². The van der Waals surface area contributed by atoms with Crippen molar-refractivity contribution in [3.8, 4) is 35.5 Å². The van der Waals surface area contributed by atoms with Crippen LogP contribution in [0, 0.1) is 46.9 Å². The SMILES string of the molecule is CC#CC(C)C(CO)(CO)C(O)(C#CC)C#CC. The molecular weight excluding hydrogens is 228 g/mol. The van der Waals surface area contributed by atoms with Crippen LogP contribution < -0.4 is 0 Å². The number of rotatable bonds is 4. The molecule has 0 saturated heterocycles. The Bertz CT molecular complexity index is 421. The van der Waals surface area contributed by atoms with Crippen LogP contribution in [0.5, 0.6) is 0 Å². The Morgan fingerprint density at radius 3 is 1.67 bits per heavy atom. The topological polar surface area (TPSA) is 60.7 Å². The summed E-state index contributed by atoms with van der Waals surface area (Å²) in [7, 11) is 0. The van der Waals surface area contributed by atoms with Crippen LogP contribution in [-0.2, 0) is 0 Å². The third-order valence-corrected chi connectivity index (χ3v) is 3.09. The monoisotopic (exact) mass is 248 g/mol. The summed E-state index contributed by atoms with van der Waals surface area (Å²) in [5.74, 6) is 15.5. The van der Waals surface area contributed by atoms with Gasteiger partial charge in [0.25, 0.3) is 0 Å². The van der Waals surface area contributed by atoms with E-state index in [1.54, 1.807) is 27.7 Å². The zero-order valence-corrected chi connectivity index (χ0v) is 11.3. The van der Waals surface area contributed by atoms with E-state index in [0.717, 1.165) is 0 Å². The minimum atomic E-state index is -1.79. The van der Waals surface area contributed by atoms with Gasteiger partial charge in [0.05, 0.1) is 18.6 Å². The van der Waals surface area contributed by atoms with E-state index in [2.05, 4.69) is 35.5 Å². The molecule has 0 fully saturated rings. The van der Waals surface area contributed by atoms with Crippen LogP contribution >= 0.6 is 0 Å². The van der Waals surface area contributed by atoms with E-state index in [1.165, 1.54) is 0 Å². The molecule has 1 unspecified atom stereocenters. The van der Waals surface area contributed by atoms with E-state index >= 15 is 0 Å². The maximum Gasteiger partial charge on any atom is 0.198 e. The molecule has 3 nitrogen and oxygen atoms in total. The molecule has 0 rings (SSSR count). The lowest BCUT2D eigenvalue weighted by Crippen LogP contribution is -2.55. The van der Waals surface area contributed by atoms with Gasteiger partial charge in [-0.25, -0.2) is 0 Å². The van der Waals surface area contributed by atoms with Crippen molar-refractivity contribution in [1.82, 2.24) is 0 Å². The standard InChI is InChI=1S/C15H20O3/c1-5-8-13(4)14(11-16,12-17)15(18,9-6-2)10-7-3/h13,16-18H,11-12H2,1-4H3. The zero-order valence-electron chi connectivity index (χ0n) is 11.3. The molecule has 0 aliphatic rings. The van der Waals surface area contributed by atoms with Gasteiger partial charge in [-0.05, 0) is 20.8 Å². The Kier molecular flexibility index (Phi) is 6.53. The van der Waals surface area contributed by atoms with Crippen molar-refractivity contribution < 1.29 is 15.3 Å². The number of aliphatic hydroxyl groups is 3. The quantitative estimate of drug-likeness (QED) is 0.631. The van der Waals surface area contributed by atoms with E-state index in [4.69, 9.17) is 0 Å². The maximum atomic E-state index is 10.6. The van der Waals surface area contributed by atoms with Crippen LogP contribution in [0.1, 0.15) is 27.7 Å². The fourth-order valence-corrected chi connectivity index (χ4v) is 1.86. The van der Waals surface area contributed by atoms with Gasteiger partial charge < -0.3 is 15.3 Å². The largest absolute Gasteiger partial charge is 0.395 e. The highest BCUT2D eigenvalue weighted by Gasteiger charge is 2.52. The van der Waals surface area contributed by atoms with Crippen molar-refractivity contribution in [1.29, 1.82) is 0 Å². The second kappa shape index (κ2) is 7.10. The predicted molar refractivity (Wildman–Crippen MR) is 71.1 cm³/mol. The summed E-state index contributed by atoms with van der Waals surface area (Å²) < 4.78 is 0. The van der Waals surface area contributed by atoms with Crippen LogP contribution in [0.4, 0.5) is 0 Å². The molecule has 0 aliphatic carbocycles. The van der Waals surface area contributed by atoms with Gasteiger partial charge in [-0.3, -0.25) is 0 Å². The number of hydrogen-bond acceptors (Lipinski definition) is 3. The highest BCUT2D eigenvalue weighted by molar-refractivity contribution is 5.36. The summed E-state index contributed by atoms with van der Waals surface area (Å²) in [5.41, 5.74) is -3.09. The van der Waals surface area contributed by atoms with Gasteiger partial charge in [-0.15, -0.1) is 17.8 Å². The van der Waals surface area contributed by atoms with E-state index < -0.39 is 30.1 Å². The van der Waals surface area contributed by atoms with Crippen molar-refractivity contribution in [3.05, 3.63) is 0 Å². The van der Waals surface area contributed by atoms with E-state index in [0.29, 0.717) is 0 Å². The van der Waals surface area contributed by atoms with Crippen LogP contribution in [0.15, 0.2) is 0 Å². The first-order chi connectivity index (χ1) is 8.47. The van der Waals surface area contributed by atoms with Gasteiger partial charge in [0.2, 0.25) is 0 Å². The molecule has 0 radical (unpaired) electrons. The summed E-state index contributed by atoms with van der Waals surface area (Å²) in [6.45, 7) is 5.60. The molecule has 3 N–H and O–H groups in total.